The van der Waals surface area contributed by atoms with Crippen molar-refractivity contribution in [1.29, 1.82) is 0 Å². The molecule has 0 unspecified atom stereocenters. The van der Waals surface area contributed by atoms with Gasteiger partial charge in [-0.1, -0.05) is 29.4 Å². The van der Waals surface area contributed by atoms with Gasteiger partial charge in [0.2, 0.25) is 0 Å². The first kappa shape index (κ1) is 20.9. The zero-order valence-corrected chi connectivity index (χ0v) is 16.9. The molecule has 0 aliphatic carbocycles. The summed E-state index contributed by atoms with van der Waals surface area (Å²) in [6.07, 6.45) is 1.59. The Morgan fingerprint density at radius 1 is 1.13 bits per heavy atom. The van der Waals surface area contributed by atoms with Gasteiger partial charge in [-0.25, -0.2) is 0 Å². The smallest absolute Gasteiger partial charge is 0.255 e. The van der Waals surface area contributed by atoms with Gasteiger partial charge >= 0.3 is 0 Å². The number of ether oxygens (including phenoxy) is 1. The van der Waals surface area contributed by atoms with Crippen molar-refractivity contribution < 1.29 is 18.8 Å². The van der Waals surface area contributed by atoms with Gasteiger partial charge in [0, 0.05) is 12.1 Å². The molecule has 2 N–H and O–H groups in total. The minimum atomic E-state index is -0.346. The van der Waals surface area contributed by atoms with Crippen LogP contribution in [0.5, 0.6) is 5.75 Å². The van der Waals surface area contributed by atoms with E-state index in [9.17, 15) is 9.59 Å². The number of rotatable bonds is 8. The standard InChI is InChI=1S/C23H23N3O4/c1-4-12-24-23(28)19-10-5-6-11-21(19)25-22(27)17-8-7-9-18(13-17)29-14-20-15(2)26-30-16(20)3/h4-11,13H,1,12,14H2,2-3H3,(H,24,28)(H,25,27). The topological polar surface area (TPSA) is 93.5 Å². The highest BCUT2D eigenvalue weighted by molar-refractivity contribution is 6.09. The van der Waals surface area contributed by atoms with Crippen LogP contribution in [-0.2, 0) is 6.61 Å². The average Bonchev–Trinajstić information content (AvgIpc) is 3.08. The first-order valence-electron chi connectivity index (χ1n) is 9.43. The molecule has 154 valence electrons. The van der Waals surface area contributed by atoms with Crippen LogP contribution in [-0.4, -0.2) is 23.5 Å². The van der Waals surface area contributed by atoms with Crippen LogP contribution in [0.2, 0.25) is 0 Å². The highest BCUT2D eigenvalue weighted by atomic mass is 16.5. The molecule has 0 aliphatic heterocycles. The Bertz CT molecular complexity index is 1050. The third-order valence-electron chi connectivity index (χ3n) is 4.49. The minimum Gasteiger partial charge on any atom is -0.489 e. The van der Waals surface area contributed by atoms with Gasteiger partial charge < -0.3 is 19.9 Å². The summed E-state index contributed by atoms with van der Waals surface area (Å²) >= 11 is 0. The molecule has 1 heterocycles. The molecule has 0 saturated carbocycles. The number of nitrogens with zero attached hydrogens (tertiary/aromatic N) is 1. The molecule has 0 bridgehead atoms. The van der Waals surface area contributed by atoms with Gasteiger partial charge in [-0.2, -0.15) is 0 Å². The van der Waals surface area contributed by atoms with Crippen LogP contribution in [0.25, 0.3) is 0 Å². The lowest BCUT2D eigenvalue weighted by Gasteiger charge is -2.12. The number of amides is 2. The van der Waals surface area contributed by atoms with Crippen molar-refractivity contribution in [3.8, 4) is 5.75 Å². The summed E-state index contributed by atoms with van der Waals surface area (Å²) in [6, 6.07) is 13.7. The molecule has 0 spiro atoms. The van der Waals surface area contributed by atoms with E-state index in [4.69, 9.17) is 9.26 Å². The highest BCUT2D eigenvalue weighted by Gasteiger charge is 2.15. The van der Waals surface area contributed by atoms with Gasteiger partial charge in [-0.3, -0.25) is 9.59 Å². The van der Waals surface area contributed by atoms with Crippen molar-refractivity contribution in [1.82, 2.24) is 10.5 Å². The fourth-order valence-electron chi connectivity index (χ4n) is 2.84. The number of aryl methyl sites for hydroxylation is 2. The van der Waals surface area contributed by atoms with E-state index in [2.05, 4.69) is 22.4 Å². The van der Waals surface area contributed by atoms with Crippen LogP contribution in [0.1, 0.15) is 37.7 Å². The maximum atomic E-state index is 12.8. The zero-order chi connectivity index (χ0) is 21.5. The molecule has 0 fully saturated rings. The molecular formula is C23H23N3O4. The lowest BCUT2D eigenvalue weighted by atomic mass is 10.1. The molecule has 0 atom stereocenters. The third-order valence-corrected chi connectivity index (χ3v) is 4.49. The Kier molecular flexibility index (Phi) is 6.64. The fraction of sp³-hybridized carbons (Fsp3) is 0.174. The summed E-state index contributed by atoms with van der Waals surface area (Å²) in [4.78, 5) is 25.1. The van der Waals surface area contributed by atoms with Crippen LogP contribution >= 0.6 is 0 Å². The van der Waals surface area contributed by atoms with Gasteiger partial charge in [0.1, 0.15) is 18.1 Å². The van der Waals surface area contributed by atoms with Gasteiger partial charge in [0.25, 0.3) is 11.8 Å². The van der Waals surface area contributed by atoms with E-state index in [0.29, 0.717) is 41.5 Å². The summed E-state index contributed by atoms with van der Waals surface area (Å²) in [5.41, 5.74) is 2.86. The SMILES string of the molecule is C=CCNC(=O)c1ccccc1NC(=O)c1cccc(OCc2c(C)noc2C)c1. The van der Waals surface area contributed by atoms with Crippen molar-refractivity contribution in [2.45, 2.75) is 20.5 Å². The Morgan fingerprint density at radius 3 is 2.67 bits per heavy atom. The Hall–Kier alpha value is -3.87. The molecule has 3 aromatic rings. The molecular weight excluding hydrogens is 382 g/mol. The summed E-state index contributed by atoms with van der Waals surface area (Å²) in [7, 11) is 0. The largest absolute Gasteiger partial charge is 0.489 e. The van der Waals surface area contributed by atoms with Crippen LogP contribution in [0.4, 0.5) is 5.69 Å². The lowest BCUT2D eigenvalue weighted by Crippen LogP contribution is -2.25. The number of para-hydroxylation sites is 1. The maximum Gasteiger partial charge on any atom is 0.255 e. The molecule has 1 aromatic heterocycles. The van der Waals surface area contributed by atoms with E-state index in [1.807, 2.05) is 13.8 Å². The molecule has 2 amide bonds. The second kappa shape index (κ2) is 9.56. The number of carbonyl (C=O) groups excluding carboxylic acids is 2. The number of benzene rings is 2. The van der Waals surface area contributed by atoms with E-state index in [1.54, 1.807) is 54.6 Å². The Balaban J connectivity index is 1.72. The van der Waals surface area contributed by atoms with Crippen LogP contribution in [0, 0.1) is 13.8 Å². The number of nitrogens with one attached hydrogen (secondary N) is 2. The number of hydrogen-bond acceptors (Lipinski definition) is 5. The number of carbonyl (C=O) groups is 2. The van der Waals surface area contributed by atoms with Gasteiger partial charge in [-0.15, -0.1) is 6.58 Å². The van der Waals surface area contributed by atoms with Crippen LogP contribution < -0.4 is 15.4 Å². The summed E-state index contributed by atoms with van der Waals surface area (Å²) in [5.74, 6) is 0.608. The Morgan fingerprint density at radius 2 is 1.93 bits per heavy atom. The van der Waals surface area contributed by atoms with Crippen molar-refractivity contribution in [3.63, 3.8) is 0 Å². The fourth-order valence-corrected chi connectivity index (χ4v) is 2.84. The number of aromatic nitrogens is 1. The molecule has 2 aromatic carbocycles. The monoisotopic (exact) mass is 405 g/mol. The van der Waals surface area contributed by atoms with Crippen molar-refractivity contribution >= 4 is 17.5 Å². The van der Waals surface area contributed by atoms with Gasteiger partial charge in [-0.05, 0) is 44.2 Å². The molecule has 30 heavy (non-hydrogen) atoms. The summed E-state index contributed by atoms with van der Waals surface area (Å²) in [5, 5.41) is 9.41. The normalized spacial score (nSPS) is 10.3. The average molecular weight is 405 g/mol. The van der Waals surface area contributed by atoms with Gasteiger partial charge in [0.05, 0.1) is 22.5 Å². The van der Waals surface area contributed by atoms with Crippen LogP contribution in [0.3, 0.4) is 0 Å². The quantitative estimate of drug-likeness (QED) is 0.552. The molecule has 0 aliphatic rings. The van der Waals surface area contributed by atoms with E-state index in [1.165, 1.54) is 0 Å². The maximum absolute atomic E-state index is 12.8. The van der Waals surface area contributed by atoms with Crippen LogP contribution in [0.15, 0.2) is 65.7 Å². The first-order valence-corrected chi connectivity index (χ1v) is 9.43. The summed E-state index contributed by atoms with van der Waals surface area (Å²) < 4.78 is 10.9. The Labute approximate surface area is 174 Å². The predicted octanol–water partition coefficient (Wildman–Crippen LogP) is 4.04. The zero-order valence-electron chi connectivity index (χ0n) is 16.9. The van der Waals surface area contributed by atoms with E-state index in [0.717, 1.165) is 11.3 Å². The molecule has 7 heteroatoms. The third kappa shape index (κ3) is 4.94. The molecule has 0 saturated heterocycles. The predicted molar refractivity (Wildman–Crippen MR) is 114 cm³/mol. The first-order chi connectivity index (χ1) is 14.5. The highest BCUT2D eigenvalue weighted by Crippen LogP contribution is 2.20. The second-order valence-electron chi connectivity index (χ2n) is 6.62. The van der Waals surface area contributed by atoms with E-state index in [-0.39, 0.29) is 11.8 Å². The molecule has 7 nitrogen and oxygen atoms in total. The van der Waals surface area contributed by atoms with Gasteiger partial charge in [0.15, 0.2) is 0 Å². The minimum absolute atomic E-state index is 0.289. The van der Waals surface area contributed by atoms with Crippen molar-refractivity contribution in [3.05, 3.63) is 89.3 Å². The van der Waals surface area contributed by atoms with E-state index < -0.39 is 0 Å². The lowest BCUT2D eigenvalue weighted by molar-refractivity contribution is 0.0959. The second-order valence-corrected chi connectivity index (χ2v) is 6.62. The number of hydrogen-bond donors (Lipinski definition) is 2. The summed E-state index contributed by atoms with van der Waals surface area (Å²) in [6.45, 7) is 7.88. The molecule has 0 radical (unpaired) electrons. The van der Waals surface area contributed by atoms with Crippen molar-refractivity contribution in [2.24, 2.45) is 0 Å². The van der Waals surface area contributed by atoms with E-state index >= 15 is 0 Å². The molecule has 3 rings (SSSR count). The van der Waals surface area contributed by atoms with Crippen molar-refractivity contribution in [2.75, 3.05) is 11.9 Å². The number of anilines is 1.